The summed E-state index contributed by atoms with van der Waals surface area (Å²) in [4.78, 5) is 12.1. The van der Waals surface area contributed by atoms with Gasteiger partial charge in [0.05, 0.1) is 0 Å². The molecule has 0 aromatic heterocycles. The third kappa shape index (κ3) is 13.1. The molecule has 3 nitrogen and oxygen atoms in total. The Morgan fingerprint density at radius 3 is 1.64 bits per heavy atom. The molecule has 0 unspecified atom stereocenters. The summed E-state index contributed by atoms with van der Waals surface area (Å²) in [5, 5.41) is 9.31. The van der Waals surface area contributed by atoms with E-state index in [2.05, 4.69) is 19.1 Å². The Morgan fingerprint density at radius 1 is 0.636 bits per heavy atom. The van der Waals surface area contributed by atoms with Crippen LogP contribution in [0, 0.1) is 0 Å². The molecule has 1 N–H and O–H groups in total. The molecular weight excluding hydrogens is 408 g/mol. The average molecular weight is 453 g/mol. The van der Waals surface area contributed by atoms with Crippen molar-refractivity contribution in [3.8, 4) is 11.5 Å². The maximum atomic E-state index is 12.1. The fourth-order valence-corrected chi connectivity index (χ4v) is 4.16. The van der Waals surface area contributed by atoms with Crippen LogP contribution in [0.15, 0.2) is 48.5 Å². The van der Waals surface area contributed by atoms with E-state index < -0.39 is 0 Å². The van der Waals surface area contributed by atoms with E-state index in [-0.39, 0.29) is 5.97 Å². The van der Waals surface area contributed by atoms with Gasteiger partial charge in [-0.3, -0.25) is 4.79 Å². The number of carbonyl (C=O) groups excluding carboxylic acids is 1. The van der Waals surface area contributed by atoms with Crippen LogP contribution in [0.3, 0.4) is 0 Å². The lowest BCUT2D eigenvalue weighted by molar-refractivity contribution is -0.134. The van der Waals surface area contributed by atoms with Gasteiger partial charge in [0, 0.05) is 6.42 Å². The molecule has 182 valence electrons. The molecule has 0 aliphatic rings. The molecule has 33 heavy (non-hydrogen) atoms. The third-order valence-corrected chi connectivity index (χ3v) is 6.26. The largest absolute Gasteiger partial charge is 0.508 e. The highest BCUT2D eigenvalue weighted by Gasteiger charge is 2.05. The Labute approximate surface area is 201 Å². The first-order valence-corrected chi connectivity index (χ1v) is 13.2. The number of benzene rings is 2. The van der Waals surface area contributed by atoms with Crippen LogP contribution in [-0.4, -0.2) is 11.1 Å². The molecule has 3 heteroatoms. The molecule has 0 aliphatic heterocycles. The van der Waals surface area contributed by atoms with Gasteiger partial charge in [-0.15, -0.1) is 0 Å². The number of unbranched alkanes of at least 4 members (excludes halogenated alkanes) is 11. The fraction of sp³-hybridized carbons (Fsp3) is 0.567. The molecule has 0 spiro atoms. The van der Waals surface area contributed by atoms with Gasteiger partial charge in [-0.25, -0.2) is 0 Å². The number of phenols is 1. The molecule has 0 radical (unpaired) electrons. The first-order valence-electron chi connectivity index (χ1n) is 13.2. The van der Waals surface area contributed by atoms with Crippen molar-refractivity contribution < 1.29 is 14.6 Å². The summed E-state index contributed by atoms with van der Waals surface area (Å²) in [5.74, 6) is 0.868. The van der Waals surface area contributed by atoms with E-state index in [1.807, 2.05) is 24.3 Å². The summed E-state index contributed by atoms with van der Waals surface area (Å²) < 4.78 is 5.50. The van der Waals surface area contributed by atoms with Crippen LogP contribution in [0.5, 0.6) is 11.5 Å². The van der Waals surface area contributed by atoms with Crippen molar-refractivity contribution in [3.05, 3.63) is 59.7 Å². The highest BCUT2D eigenvalue weighted by molar-refractivity contribution is 5.72. The van der Waals surface area contributed by atoms with Gasteiger partial charge in [-0.2, -0.15) is 0 Å². The minimum Gasteiger partial charge on any atom is -0.508 e. The van der Waals surface area contributed by atoms with Gasteiger partial charge in [-0.05, 0) is 67.5 Å². The van der Waals surface area contributed by atoms with Crippen LogP contribution in [0.2, 0.25) is 0 Å². The Balaban J connectivity index is 1.45. The summed E-state index contributed by atoms with van der Waals surface area (Å²) in [6.45, 7) is 2.26. The normalized spacial score (nSPS) is 10.9. The number of phenolic OH excluding ortho intramolecular Hbond substituents is 1. The molecule has 0 aliphatic carbocycles. The van der Waals surface area contributed by atoms with Crippen LogP contribution in [0.25, 0.3) is 0 Å². The molecule has 0 atom stereocenters. The molecular formula is C30H44O3. The number of aryl methyl sites for hydroxylation is 2. The lowest BCUT2D eigenvalue weighted by atomic mass is 10.0. The summed E-state index contributed by atoms with van der Waals surface area (Å²) in [6, 6.07) is 15.5. The maximum Gasteiger partial charge on any atom is 0.311 e. The fourth-order valence-electron chi connectivity index (χ4n) is 4.16. The predicted octanol–water partition coefficient (Wildman–Crippen LogP) is 8.56. The second kappa shape index (κ2) is 17.2. The third-order valence-electron chi connectivity index (χ3n) is 6.26. The van der Waals surface area contributed by atoms with Gasteiger partial charge in [0.2, 0.25) is 0 Å². The van der Waals surface area contributed by atoms with Gasteiger partial charge in [0.25, 0.3) is 0 Å². The van der Waals surface area contributed by atoms with Crippen molar-refractivity contribution in [2.75, 3.05) is 0 Å². The zero-order chi connectivity index (χ0) is 23.6. The minimum absolute atomic E-state index is 0.123. The van der Waals surface area contributed by atoms with Gasteiger partial charge >= 0.3 is 5.97 Å². The van der Waals surface area contributed by atoms with E-state index in [4.69, 9.17) is 4.74 Å². The molecule has 0 heterocycles. The highest BCUT2D eigenvalue weighted by Crippen LogP contribution is 2.17. The standard InChI is InChI=1S/C30H44O3/c1-2-3-4-5-6-9-13-16-27-20-24-29(25-21-27)33-30(32)17-14-11-8-7-10-12-15-26-18-22-28(31)23-19-26/h18-25,31H,2-17H2,1H3. The number of ether oxygens (including phenoxy) is 1. The number of hydrogen-bond donors (Lipinski definition) is 1. The van der Waals surface area contributed by atoms with Crippen molar-refractivity contribution >= 4 is 5.97 Å². The summed E-state index contributed by atoms with van der Waals surface area (Å²) in [5.41, 5.74) is 2.61. The number of rotatable bonds is 18. The van der Waals surface area contributed by atoms with Crippen LogP contribution in [0.1, 0.15) is 108 Å². The molecule has 0 amide bonds. The number of carbonyl (C=O) groups is 1. The average Bonchev–Trinajstić information content (AvgIpc) is 2.82. The molecule has 0 saturated heterocycles. The molecule has 0 bridgehead atoms. The number of hydrogen-bond acceptors (Lipinski definition) is 3. The van der Waals surface area contributed by atoms with Gasteiger partial charge in [-0.1, -0.05) is 95.4 Å². The van der Waals surface area contributed by atoms with Crippen LogP contribution >= 0.6 is 0 Å². The lowest BCUT2D eigenvalue weighted by Crippen LogP contribution is -2.07. The number of esters is 1. The first kappa shape index (κ1) is 27.0. The first-order chi connectivity index (χ1) is 16.2. The molecule has 2 rings (SSSR count). The highest BCUT2D eigenvalue weighted by atomic mass is 16.5. The van der Waals surface area contributed by atoms with Crippen LogP contribution < -0.4 is 4.74 Å². The topological polar surface area (TPSA) is 46.5 Å². The summed E-state index contributed by atoms with van der Waals surface area (Å²) in [7, 11) is 0. The SMILES string of the molecule is CCCCCCCCCc1ccc(OC(=O)CCCCCCCCc2ccc(O)cc2)cc1. The van der Waals surface area contributed by atoms with Crippen LogP contribution in [0.4, 0.5) is 0 Å². The van der Waals surface area contributed by atoms with Gasteiger partial charge < -0.3 is 9.84 Å². The molecule has 2 aromatic rings. The monoisotopic (exact) mass is 452 g/mol. The van der Waals surface area contributed by atoms with E-state index in [1.165, 1.54) is 75.3 Å². The van der Waals surface area contributed by atoms with E-state index in [9.17, 15) is 9.90 Å². The Bertz CT molecular complexity index is 749. The molecule has 0 saturated carbocycles. The van der Waals surface area contributed by atoms with E-state index in [0.717, 1.165) is 32.1 Å². The van der Waals surface area contributed by atoms with Gasteiger partial charge in [0.1, 0.15) is 11.5 Å². The van der Waals surface area contributed by atoms with Gasteiger partial charge in [0.15, 0.2) is 0 Å². The molecule has 2 aromatic carbocycles. The summed E-state index contributed by atoms with van der Waals surface area (Å²) in [6.07, 6.45) is 18.7. The van der Waals surface area contributed by atoms with Crippen LogP contribution in [-0.2, 0) is 17.6 Å². The summed E-state index contributed by atoms with van der Waals surface area (Å²) >= 11 is 0. The van der Waals surface area contributed by atoms with Crippen molar-refractivity contribution in [3.63, 3.8) is 0 Å². The van der Waals surface area contributed by atoms with Crippen molar-refractivity contribution in [2.24, 2.45) is 0 Å². The Morgan fingerprint density at radius 2 is 1.09 bits per heavy atom. The second-order valence-electron chi connectivity index (χ2n) is 9.28. The van der Waals surface area contributed by atoms with Crippen molar-refractivity contribution in [1.29, 1.82) is 0 Å². The van der Waals surface area contributed by atoms with E-state index in [1.54, 1.807) is 12.1 Å². The lowest BCUT2D eigenvalue weighted by Gasteiger charge is -2.06. The predicted molar refractivity (Wildman–Crippen MR) is 138 cm³/mol. The van der Waals surface area contributed by atoms with E-state index in [0.29, 0.717) is 17.9 Å². The zero-order valence-electron chi connectivity index (χ0n) is 20.7. The Hall–Kier alpha value is -2.29. The van der Waals surface area contributed by atoms with E-state index >= 15 is 0 Å². The smallest absolute Gasteiger partial charge is 0.311 e. The van der Waals surface area contributed by atoms with Crippen molar-refractivity contribution in [2.45, 2.75) is 110 Å². The quantitative estimate of drug-likeness (QED) is 0.140. The van der Waals surface area contributed by atoms with Crippen molar-refractivity contribution in [1.82, 2.24) is 0 Å². The molecule has 0 fully saturated rings. The minimum atomic E-state index is -0.123. The maximum absolute atomic E-state index is 12.1. The number of aromatic hydroxyl groups is 1. The Kier molecular flexibility index (Phi) is 14.1. The second-order valence-corrected chi connectivity index (χ2v) is 9.28. The zero-order valence-corrected chi connectivity index (χ0v) is 20.7.